The zero-order valence-corrected chi connectivity index (χ0v) is 23.8. The van der Waals surface area contributed by atoms with E-state index in [0.717, 1.165) is 30.7 Å². The van der Waals surface area contributed by atoms with Crippen molar-refractivity contribution in [3.05, 3.63) is 86.3 Å². The molecule has 0 bridgehead atoms. The third-order valence-corrected chi connectivity index (χ3v) is 7.67. The van der Waals surface area contributed by atoms with Crippen LogP contribution in [-0.4, -0.2) is 41.9 Å². The first-order chi connectivity index (χ1) is 17.9. The average Bonchev–Trinajstić information content (AvgIpc) is 3.15. The molecule has 0 radical (unpaired) electrons. The number of methoxy groups -OCH3 is 1. The topological polar surface area (TPSA) is 84.9 Å². The van der Waals surface area contributed by atoms with Crippen molar-refractivity contribution in [2.24, 2.45) is 0 Å². The molecular formula is C27H23IN2O5S2. The first-order valence-electron chi connectivity index (χ1n) is 11.1. The second-order valence-electron chi connectivity index (χ2n) is 7.87. The minimum absolute atomic E-state index is 0.233. The Morgan fingerprint density at radius 2 is 1.86 bits per heavy atom. The Labute approximate surface area is 237 Å². The molecule has 3 aromatic carbocycles. The zero-order chi connectivity index (χ0) is 26.4. The third kappa shape index (κ3) is 7.08. The van der Waals surface area contributed by atoms with Gasteiger partial charge in [-0.2, -0.15) is 0 Å². The number of thioether (sulfide) groups is 2. The highest BCUT2D eigenvalue weighted by molar-refractivity contribution is 14.1. The minimum atomic E-state index is -0.513. The third-order valence-electron chi connectivity index (χ3n) is 5.32. The predicted molar refractivity (Wildman–Crippen MR) is 156 cm³/mol. The summed E-state index contributed by atoms with van der Waals surface area (Å²) in [6, 6.07) is 20.7. The lowest BCUT2D eigenvalue weighted by Gasteiger charge is -2.13. The summed E-state index contributed by atoms with van der Waals surface area (Å²) in [5, 5.41) is 2.25. The molecule has 37 heavy (non-hydrogen) atoms. The van der Waals surface area contributed by atoms with Crippen LogP contribution in [-0.2, 0) is 16.2 Å². The Morgan fingerprint density at radius 3 is 2.59 bits per heavy atom. The number of rotatable bonds is 9. The van der Waals surface area contributed by atoms with Crippen LogP contribution < -0.4 is 14.8 Å². The van der Waals surface area contributed by atoms with Gasteiger partial charge >= 0.3 is 0 Å². The molecule has 0 aromatic heterocycles. The Hall–Kier alpha value is -2.96. The van der Waals surface area contributed by atoms with Gasteiger partial charge in [-0.3, -0.25) is 19.3 Å². The summed E-state index contributed by atoms with van der Waals surface area (Å²) in [5.74, 6) is 0.109. The van der Waals surface area contributed by atoms with Gasteiger partial charge < -0.3 is 14.8 Å². The number of carbonyl (C=O) groups is 3. The van der Waals surface area contributed by atoms with Crippen molar-refractivity contribution in [2.75, 3.05) is 25.2 Å². The first kappa shape index (κ1) is 27.1. The summed E-state index contributed by atoms with van der Waals surface area (Å²) in [4.78, 5) is 40.1. The Morgan fingerprint density at radius 1 is 1.08 bits per heavy atom. The molecular weight excluding hydrogens is 623 g/mol. The molecule has 1 saturated heterocycles. The van der Waals surface area contributed by atoms with E-state index in [9.17, 15) is 14.4 Å². The smallest absolute Gasteiger partial charge is 0.294 e. The molecule has 3 aromatic rings. The normalized spacial score (nSPS) is 14.2. The standard InChI is InChI=1S/C27H23IN2O5S2/c1-34-23-12-18(8-11-22(23)35-16-17-6-9-19(28)10-7-17)13-24-26(32)30(27(33)37-24)15-25(31)29-20-4-3-5-21(14-20)36-2/h3-14H,15-16H2,1-2H3,(H,29,31)/b24-13-. The second kappa shape index (κ2) is 12.5. The van der Waals surface area contributed by atoms with Crippen LogP contribution >= 0.6 is 46.1 Å². The Bertz CT molecular complexity index is 1360. The van der Waals surface area contributed by atoms with Gasteiger partial charge in [0.15, 0.2) is 11.5 Å². The van der Waals surface area contributed by atoms with Crippen LogP contribution in [0, 0.1) is 3.57 Å². The number of halogens is 1. The summed E-state index contributed by atoms with van der Waals surface area (Å²) in [6.07, 6.45) is 3.55. The van der Waals surface area contributed by atoms with Crippen LogP contribution in [0.15, 0.2) is 76.5 Å². The van der Waals surface area contributed by atoms with Gasteiger partial charge in [0, 0.05) is 14.2 Å². The maximum absolute atomic E-state index is 12.9. The molecule has 1 heterocycles. The van der Waals surface area contributed by atoms with Gasteiger partial charge in [0.05, 0.1) is 12.0 Å². The van der Waals surface area contributed by atoms with E-state index in [1.807, 2.05) is 48.7 Å². The number of imide groups is 1. The maximum Gasteiger partial charge on any atom is 0.294 e. The molecule has 0 atom stereocenters. The number of hydrogen-bond donors (Lipinski definition) is 1. The van der Waals surface area contributed by atoms with Gasteiger partial charge in [-0.05, 0) is 100 Å². The molecule has 10 heteroatoms. The van der Waals surface area contributed by atoms with E-state index >= 15 is 0 Å². The van der Waals surface area contributed by atoms with E-state index in [4.69, 9.17) is 9.47 Å². The molecule has 1 N–H and O–H groups in total. The summed E-state index contributed by atoms with van der Waals surface area (Å²) < 4.78 is 12.5. The molecule has 0 saturated carbocycles. The lowest BCUT2D eigenvalue weighted by molar-refractivity contribution is -0.127. The van der Waals surface area contributed by atoms with E-state index in [0.29, 0.717) is 29.4 Å². The van der Waals surface area contributed by atoms with Gasteiger partial charge in [-0.1, -0.05) is 24.3 Å². The van der Waals surface area contributed by atoms with Gasteiger partial charge in [0.25, 0.3) is 11.1 Å². The fourth-order valence-electron chi connectivity index (χ4n) is 3.47. The lowest BCUT2D eigenvalue weighted by atomic mass is 10.1. The van der Waals surface area contributed by atoms with Gasteiger partial charge in [-0.15, -0.1) is 11.8 Å². The second-order valence-corrected chi connectivity index (χ2v) is 11.0. The highest BCUT2D eigenvalue weighted by Crippen LogP contribution is 2.35. The van der Waals surface area contributed by atoms with Crippen molar-refractivity contribution in [1.82, 2.24) is 4.90 Å². The number of hydrogen-bond acceptors (Lipinski definition) is 7. The van der Waals surface area contributed by atoms with E-state index in [2.05, 4.69) is 27.9 Å². The molecule has 0 unspecified atom stereocenters. The van der Waals surface area contributed by atoms with Crippen LogP contribution in [0.1, 0.15) is 11.1 Å². The summed E-state index contributed by atoms with van der Waals surface area (Å²) in [7, 11) is 1.54. The zero-order valence-electron chi connectivity index (χ0n) is 20.0. The monoisotopic (exact) mass is 646 g/mol. The fourth-order valence-corrected chi connectivity index (χ4v) is 5.12. The quantitative estimate of drug-likeness (QED) is 0.167. The van der Waals surface area contributed by atoms with E-state index in [-0.39, 0.29) is 11.4 Å². The molecule has 7 nitrogen and oxygen atoms in total. The van der Waals surface area contributed by atoms with Crippen LogP contribution in [0.2, 0.25) is 0 Å². The van der Waals surface area contributed by atoms with Crippen molar-refractivity contribution in [3.8, 4) is 11.5 Å². The number of carbonyl (C=O) groups excluding carboxylic acids is 3. The average molecular weight is 647 g/mol. The van der Waals surface area contributed by atoms with Crippen LogP contribution in [0.4, 0.5) is 10.5 Å². The Balaban J connectivity index is 1.41. The van der Waals surface area contributed by atoms with Crippen LogP contribution in [0.25, 0.3) is 6.08 Å². The highest BCUT2D eigenvalue weighted by atomic mass is 127. The van der Waals surface area contributed by atoms with Crippen molar-refractivity contribution in [3.63, 3.8) is 0 Å². The molecule has 190 valence electrons. The minimum Gasteiger partial charge on any atom is -0.493 e. The summed E-state index contributed by atoms with van der Waals surface area (Å²) in [5.41, 5.74) is 2.30. The molecule has 1 aliphatic rings. The molecule has 3 amide bonds. The number of nitrogens with zero attached hydrogens (tertiary/aromatic N) is 1. The maximum atomic E-state index is 12.9. The van der Waals surface area contributed by atoms with Gasteiger partial charge in [0.2, 0.25) is 5.91 Å². The van der Waals surface area contributed by atoms with Crippen molar-refractivity contribution >= 4 is 74.9 Å². The number of amides is 3. The highest BCUT2D eigenvalue weighted by Gasteiger charge is 2.36. The Kier molecular flexibility index (Phi) is 9.17. The number of nitrogens with one attached hydrogen (secondary N) is 1. The van der Waals surface area contributed by atoms with Crippen LogP contribution in [0.5, 0.6) is 11.5 Å². The summed E-state index contributed by atoms with van der Waals surface area (Å²) in [6.45, 7) is 0.0231. The van der Waals surface area contributed by atoms with E-state index < -0.39 is 17.1 Å². The van der Waals surface area contributed by atoms with Crippen molar-refractivity contribution < 1.29 is 23.9 Å². The van der Waals surface area contributed by atoms with Crippen molar-refractivity contribution in [1.29, 1.82) is 0 Å². The lowest BCUT2D eigenvalue weighted by Crippen LogP contribution is -2.36. The van der Waals surface area contributed by atoms with Gasteiger partial charge in [-0.25, -0.2) is 0 Å². The molecule has 4 rings (SSSR count). The predicted octanol–water partition coefficient (Wildman–Crippen LogP) is 6.28. The largest absolute Gasteiger partial charge is 0.493 e. The van der Waals surface area contributed by atoms with E-state index in [1.54, 1.807) is 42.1 Å². The molecule has 0 aliphatic carbocycles. The number of ether oxygens (including phenoxy) is 2. The van der Waals surface area contributed by atoms with Crippen molar-refractivity contribution in [2.45, 2.75) is 11.5 Å². The number of benzene rings is 3. The van der Waals surface area contributed by atoms with Crippen LogP contribution in [0.3, 0.4) is 0 Å². The molecule has 1 fully saturated rings. The fraction of sp³-hybridized carbons (Fsp3) is 0.148. The number of anilines is 1. The molecule has 0 spiro atoms. The summed E-state index contributed by atoms with van der Waals surface area (Å²) >= 11 is 4.60. The van der Waals surface area contributed by atoms with E-state index in [1.165, 1.54) is 7.11 Å². The van der Waals surface area contributed by atoms with Gasteiger partial charge in [0.1, 0.15) is 13.2 Å². The first-order valence-corrected chi connectivity index (χ1v) is 14.2. The SMILES string of the molecule is COc1cc(/C=C2\SC(=O)N(CC(=O)Nc3cccc(SC)c3)C2=O)ccc1OCc1ccc(I)cc1. The molecule has 1 aliphatic heterocycles.